The number of hydrogen-bond acceptors (Lipinski definition) is 6. The number of anilines is 1. The summed E-state index contributed by atoms with van der Waals surface area (Å²) in [4.78, 5) is 22.3. The van der Waals surface area contributed by atoms with Crippen LogP contribution >= 0.6 is 38.9 Å². The Balaban J connectivity index is 1.80. The smallest absolute Gasteiger partial charge is 0.266 e. The third-order valence-electron chi connectivity index (χ3n) is 4.79. The van der Waals surface area contributed by atoms with Gasteiger partial charge in [0, 0.05) is 23.1 Å². The molecule has 9 heteroatoms. The summed E-state index contributed by atoms with van der Waals surface area (Å²) in [5.41, 5.74) is 2.34. The molecule has 0 bridgehead atoms. The van der Waals surface area contributed by atoms with Crippen molar-refractivity contribution in [3.8, 4) is 11.3 Å². The Morgan fingerprint density at radius 3 is 2.71 bits per heavy atom. The van der Waals surface area contributed by atoms with Gasteiger partial charge < -0.3 is 9.42 Å². The van der Waals surface area contributed by atoms with Gasteiger partial charge in [-0.3, -0.25) is 9.69 Å². The number of likely N-dealkylation sites (N-methyl/N-ethyl adjacent to an activating group) is 1. The first-order valence-electron chi connectivity index (χ1n) is 9.59. The van der Waals surface area contributed by atoms with Crippen LogP contribution in [0.2, 0.25) is 5.02 Å². The minimum atomic E-state index is -0.214. The summed E-state index contributed by atoms with van der Waals surface area (Å²) in [5, 5.41) is 5.29. The van der Waals surface area contributed by atoms with E-state index in [1.807, 2.05) is 55.4 Å². The second-order valence-electron chi connectivity index (χ2n) is 7.31. The summed E-state index contributed by atoms with van der Waals surface area (Å²) in [6, 6.07) is 13.2. The summed E-state index contributed by atoms with van der Waals surface area (Å²) < 4.78 is 7.39. The zero-order valence-corrected chi connectivity index (χ0v) is 20.4. The van der Waals surface area contributed by atoms with E-state index >= 15 is 0 Å². The summed E-state index contributed by atoms with van der Waals surface area (Å²) in [6.07, 6.45) is 0. The van der Waals surface area contributed by atoms with Gasteiger partial charge in [-0.15, -0.1) is 0 Å². The number of fused-ring (bicyclic) bond motifs is 1. The third kappa shape index (κ3) is 4.52. The van der Waals surface area contributed by atoms with Gasteiger partial charge in [0.05, 0.1) is 15.2 Å². The Bertz CT molecular complexity index is 1250. The Morgan fingerprint density at radius 1 is 1.19 bits per heavy atom. The van der Waals surface area contributed by atoms with E-state index in [1.165, 1.54) is 11.3 Å². The molecule has 31 heavy (non-hydrogen) atoms. The number of rotatable bonds is 6. The quantitative estimate of drug-likeness (QED) is 0.318. The highest BCUT2D eigenvalue weighted by Crippen LogP contribution is 2.35. The average Bonchev–Trinajstić information content (AvgIpc) is 3.31. The molecule has 0 unspecified atom stereocenters. The van der Waals surface area contributed by atoms with Gasteiger partial charge in [0.25, 0.3) is 5.91 Å². The van der Waals surface area contributed by atoms with Crippen LogP contribution in [0.4, 0.5) is 5.13 Å². The number of benzene rings is 2. The topological polar surface area (TPSA) is 62.5 Å². The minimum Gasteiger partial charge on any atom is -0.360 e. The van der Waals surface area contributed by atoms with Gasteiger partial charge in [0.1, 0.15) is 17.0 Å². The summed E-state index contributed by atoms with van der Waals surface area (Å²) in [7, 11) is 3.94. The lowest BCUT2D eigenvalue weighted by atomic mass is 10.1. The molecule has 0 fully saturated rings. The molecular weight excluding hydrogens is 500 g/mol. The standard InChI is InChI=1S/C22H20BrClN4O2S/c1-13-19(20(26-30-13)15-6-4-5-7-16(15)24)21(29)28(11-10-27(2)3)22-25-17-9-8-14(23)12-18(17)31-22/h4-9,12H,10-11H2,1-3H3. The van der Waals surface area contributed by atoms with E-state index in [0.29, 0.717) is 45.8 Å². The van der Waals surface area contributed by atoms with Crippen LogP contribution in [0.25, 0.3) is 21.5 Å². The van der Waals surface area contributed by atoms with Crippen LogP contribution < -0.4 is 4.90 Å². The molecule has 4 rings (SSSR count). The molecule has 0 saturated heterocycles. The first kappa shape index (κ1) is 22.0. The van der Waals surface area contributed by atoms with Crippen molar-refractivity contribution in [1.29, 1.82) is 0 Å². The molecule has 0 N–H and O–H groups in total. The Labute approximate surface area is 197 Å². The van der Waals surface area contributed by atoms with E-state index in [-0.39, 0.29) is 5.91 Å². The highest BCUT2D eigenvalue weighted by molar-refractivity contribution is 9.10. The largest absolute Gasteiger partial charge is 0.360 e. The molecule has 6 nitrogen and oxygen atoms in total. The van der Waals surface area contributed by atoms with Crippen molar-refractivity contribution in [2.24, 2.45) is 0 Å². The van der Waals surface area contributed by atoms with Crippen molar-refractivity contribution in [2.45, 2.75) is 6.92 Å². The molecule has 2 aromatic heterocycles. The molecule has 160 valence electrons. The predicted molar refractivity (Wildman–Crippen MR) is 129 cm³/mol. The van der Waals surface area contributed by atoms with E-state index in [2.05, 4.69) is 21.1 Å². The van der Waals surface area contributed by atoms with Crippen LogP contribution in [0.1, 0.15) is 16.1 Å². The maximum Gasteiger partial charge on any atom is 0.266 e. The highest BCUT2D eigenvalue weighted by atomic mass is 79.9. The monoisotopic (exact) mass is 518 g/mol. The molecule has 2 aromatic carbocycles. The zero-order valence-electron chi connectivity index (χ0n) is 17.2. The number of aromatic nitrogens is 2. The zero-order chi connectivity index (χ0) is 22.1. The van der Waals surface area contributed by atoms with Crippen molar-refractivity contribution in [2.75, 3.05) is 32.1 Å². The fourth-order valence-corrected chi connectivity index (χ4v) is 4.95. The normalized spacial score (nSPS) is 11.4. The van der Waals surface area contributed by atoms with E-state index in [4.69, 9.17) is 21.1 Å². The Morgan fingerprint density at radius 2 is 1.97 bits per heavy atom. The van der Waals surface area contributed by atoms with Crippen molar-refractivity contribution in [3.63, 3.8) is 0 Å². The fraction of sp³-hybridized carbons (Fsp3) is 0.227. The number of carbonyl (C=O) groups is 1. The molecule has 0 aliphatic carbocycles. The lowest BCUT2D eigenvalue weighted by Crippen LogP contribution is -2.37. The first-order valence-corrected chi connectivity index (χ1v) is 11.6. The van der Waals surface area contributed by atoms with E-state index in [0.717, 1.165) is 14.7 Å². The number of hydrogen-bond donors (Lipinski definition) is 0. The average molecular weight is 520 g/mol. The molecule has 2 heterocycles. The number of thiazole rings is 1. The summed E-state index contributed by atoms with van der Waals surface area (Å²) in [6.45, 7) is 2.89. The number of halogens is 2. The molecule has 4 aromatic rings. The molecule has 0 saturated carbocycles. The van der Waals surface area contributed by atoms with Crippen LogP contribution in [0.15, 0.2) is 51.5 Å². The van der Waals surface area contributed by atoms with Crippen LogP contribution in [0.5, 0.6) is 0 Å². The van der Waals surface area contributed by atoms with Crippen LogP contribution in [-0.2, 0) is 0 Å². The van der Waals surface area contributed by atoms with E-state index in [1.54, 1.807) is 17.9 Å². The van der Waals surface area contributed by atoms with Gasteiger partial charge in [0.15, 0.2) is 5.13 Å². The van der Waals surface area contributed by atoms with Gasteiger partial charge in [-0.1, -0.05) is 62.2 Å². The van der Waals surface area contributed by atoms with E-state index < -0.39 is 0 Å². The van der Waals surface area contributed by atoms with Crippen molar-refractivity contribution >= 4 is 60.1 Å². The number of carbonyl (C=O) groups excluding carboxylic acids is 1. The summed E-state index contributed by atoms with van der Waals surface area (Å²) in [5.74, 6) is 0.229. The van der Waals surface area contributed by atoms with Crippen LogP contribution in [0.3, 0.4) is 0 Å². The highest BCUT2D eigenvalue weighted by Gasteiger charge is 2.29. The first-order chi connectivity index (χ1) is 14.8. The SMILES string of the molecule is Cc1onc(-c2ccccc2Cl)c1C(=O)N(CCN(C)C)c1nc2ccc(Br)cc2s1. The third-order valence-corrected chi connectivity index (χ3v) is 6.66. The van der Waals surface area contributed by atoms with Gasteiger partial charge >= 0.3 is 0 Å². The van der Waals surface area contributed by atoms with Crippen LogP contribution in [-0.4, -0.2) is 48.1 Å². The molecular formula is C22H20BrClN4O2S. The Hall–Kier alpha value is -2.26. The second kappa shape index (κ2) is 9.08. The Kier molecular flexibility index (Phi) is 6.43. The van der Waals surface area contributed by atoms with Crippen molar-refractivity contribution < 1.29 is 9.32 Å². The molecule has 0 atom stereocenters. The van der Waals surface area contributed by atoms with Gasteiger partial charge in [-0.25, -0.2) is 4.98 Å². The lowest BCUT2D eigenvalue weighted by Gasteiger charge is -2.22. The maximum atomic E-state index is 13.8. The minimum absolute atomic E-state index is 0.214. The molecule has 1 amide bonds. The summed E-state index contributed by atoms with van der Waals surface area (Å²) >= 11 is 11.4. The molecule has 0 radical (unpaired) electrons. The van der Waals surface area contributed by atoms with Crippen molar-refractivity contribution in [1.82, 2.24) is 15.0 Å². The number of nitrogens with zero attached hydrogens (tertiary/aromatic N) is 4. The fourth-order valence-electron chi connectivity index (χ4n) is 3.18. The predicted octanol–water partition coefficient (Wildman–Crippen LogP) is 5.88. The molecule has 0 spiro atoms. The van der Waals surface area contributed by atoms with Crippen molar-refractivity contribution in [3.05, 3.63) is 63.3 Å². The van der Waals surface area contributed by atoms with Gasteiger partial charge in [-0.2, -0.15) is 0 Å². The number of amides is 1. The number of aryl methyl sites for hydroxylation is 1. The van der Waals surface area contributed by atoms with Gasteiger partial charge in [0.2, 0.25) is 0 Å². The molecule has 0 aliphatic rings. The van der Waals surface area contributed by atoms with E-state index in [9.17, 15) is 4.79 Å². The van der Waals surface area contributed by atoms with Gasteiger partial charge in [-0.05, 0) is 45.3 Å². The van der Waals surface area contributed by atoms with Crippen LogP contribution in [0, 0.1) is 6.92 Å². The second-order valence-corrected chi connectivity index (χ2v) is 9.64. The molecule has 0 aliphatic heterocycles. The maximum absolute atomic E-state index is 13.8. The lowest BCUT2D eigenvalue weighted by molar-refractivity contribution is 0.0984.